The number of ether oxygens (including phenoxy) is 1. The molecule has 0 saturated heterocycles. The van der Waals surface area contributed by atoms with Gasteiger partial charge in [-0.05, 0) is 62.6 Å². The van der Waals surface area contributed by atoms with Crippen LogP contribution in [0.3, 0.4) is 0 Å². The highest BCUT2D eigenvalue weighted by Gasteiger charge is 2.36. The third-order valence-electron chi connectivity index (χ3n) is 6.91. The monoisotopic (exact) mass is 555 g/mol. The van der Waals surface area contributed by atoms with Crippen molar-refractivity contribution in [3.05, 3.63) is 101 Å². The van der Waals surface area contributed by atoms with Crippen LogP contribution < -0.4 is 10.1 Å². The summed E-state index contributed by atoms with van der Waals surface area (Å²) in [4.78, 5) is 56.0. The van der Waals surface area contributed by atoms with E-state index in [0.717, 1.165) is 11.1 Å². The Bertz CT molecular complexity index is 1380. The summed E-state index contributed by atoms with van der Waals surface area (Å²) in [5.74, 6) is -0.540. The minimum atomic E-state index is -0.783. The van der Waals surface area contributed by atoms with E-state index in [2.05, 4.69) is 5.32 Å². The number of hydrogen-bond donors (Lipinski definition) is 1. The van der Waals surface area contributed by atoms with Gasteiger partial charge in [-0.3, -0.25) is 24.1 Å². The predicted molar refractivity (Wildman–Crippen MR) is 156 cm³/mol. The van der Waals surface area contributed by atoms with Gasteiger partial charge in [0.25, 0.3) is 11.8 Å². The van der Waals surface area contributed by atoms with Crippen molar-refractivity contribution in [2.24, 2.45) is 0 Å². The maximum Gasteiger partial charge on any atom is 0.261 e. The molecule has 0 aliphatic carbocycles. The number of rotatable bonds is 11. The highest BCUT2D eigenvalue weighted by Crippen LogP contribution is 2.24. The number of imide groups is 1. The van der Waals surface area contributed by atoms with Crippen LogP contribution in [0, 0.1) is 0 Å². The Morgan fingerprint density at radius 1 is 0.878 bits per heavy atom. The Labute approximate surface area is 241 Å². The fraction of sp³-hybridized carbons (Fsp3) is 0.333. The fourth-order valence-corrected chi connectivity index (χ4v) is 4.95. The molecular weight excluding hydrogens is 518 g/mol. The first-order valence-electron chi connectivity index (χ1n) is 13.8. The molecule has 0 aromatic heterocycles. The summed E-state index contributed by atoms with van der Waals surface area (Å²) in [6, 6.07) is 23.0. The first-order chi connectivity index (χ1) is 19.6. The fourth-order valence-electron chi connectivity index (χ4n) is 4.95. The molecule has 0 fully saturated rings. The van der Waals surface area contributed by atoms with Crippen molar-refractivity contribution >= 4 is 23.6 Å². The van der Waals surface area contributed by atoms with Gasteiger partial charge in [-0.1, -0.05) is 54.6 Å². The predicted octanol–water partition coefficient (Wildman–Crippen LogP) is 4.63. The van der Waals surface area contributed by atoms with Gasteiger partial charge in [0.05, 0.1) is 18.2 Å². The van der Waals surface area contributed by atoms with E-state index in [1.54, 1.807) is 36.3 Å². The van der Waals surface area contributed by atoms with Gasteiger partial charge in [-0.15, -0.1) is 0 Å². The summed E-state index contributed by atoms with van der Waals surface area (Å²) in [6.07, 6.45) is 0.667. The summed E-state index contributed by atoms with van der Waals surface area (Å²) < 4.78 is 5.38. The number of carbonyl (C=O) groups excluding carboxylic acids is 4. The van der Waals surface area contributed by atoms with Crippen LogP contribution in [-0.4, -0.2) is 58.7 Å². The topological polar surface area (TPSA) is 96.0 Å². The van der Waals surface area contributed by atoms with Crippen LogP contribution in [0.4, 0.5) is 0 Å². The molecular formula is C33H37N3O5. The minimum Gasteiger partial charge on any atom is -0.497 e. The van der Waals surface area contributed by atoms with Crippen molar-refractivity contribution in [2.45, 2.75) is 58.2 Å². The molecule has 1 aliphatic rings. The molecule has 1 atom stereocenters. The molecule has 3 aromatic carbocycles. The molecule has 0 saturated carbocycles. The lowest BCUT2D eigenvalue weighted by molar-refractivity contribution is -0.142. The van der Waals surface area contributed by atoms with E-state index in [-0.39, 0.29) is 49.6 Å². The van der Waals surface area contributed by atoms with Crippen molar-refractivity contribution in [3.63, 3.8) is 0 Å². The Kier molecular flexibility index (Phi) is 9.22. The average molecular weight is 556 g/mol. The minimum absolute atomic E-state index is 0.0610. The molecule has 41 heavy (non-hydrogen) atoms. The molecule has 0 spiro atoms. The first-order valence-corrected chi connectivity index (χ1v) is 13.8. The maximum atomic E-state index is 13.9. The normalized spacial score (nSPS) is 13.5. The van der Waals surface area contributed by atoms with E-state index in [0.29, 0.717) is 23.3 Å². The van der Waals surface area contributed by atoms with Gasteiger partial charge in [-0.2, -0.15) is 0 Å². The van der Waals surface area contributed by atoms with Gasteiger partial charge < -0.3 is 15.0 Å². The maximum absolute atomic E-state index is 13.9. The van der Waals surface area contributed by atoms with Gasteiger partial charge in [0, 0.05) is 31.5 Å². The van der Waals surface area contributed by atoms with Crippen LogP contribution in [-0.2, 0) is 22.6 Å². The quantitative estimate of drug-likeness (QED) is 0.348. The Hall–Kier alpha value is -4.46. The average Bonchev–Trinajstić information content (AvgIpc) is 3.19. The summed E-state index contributed by atoms with van der Waals surface area (Å²) >= 11 is 0. The zero-order valence-electron chi connectivity index (χ0n) is 24.1. The molecule has 1 heterocycles. The molecule has 1 aliphatic heterocycles. The standard InChI is InChI=1S/C33H37N3O5/c1-33(2,3)34-30(38)28(21-23-12-6-5-7-13-23)36(22-24-14-10-15-25(20-24)41-4)29(37)18-11-19-35-31(39)26-16-8-9-17-27(26)32(35)40/h5-10,12-17,20,28H,11,18-19,21-22H2,1-4H3,(H,34,38). The zero-order valence-corrected chi connectivity index (χ0v) is 24.1. The van der Waals surface area contributed by atoms with Crippen LogP contribution in [0.2, 0.25) is 0 Å². The number of hydrogen-bond acceptors (Lipinski definition) is 5. The van der Waals surface area contributed by atoms with Gasteiger partial charge in [0.2, 0.25) is 11.8 Å². The van der Waals surface area contributed by atoms with Gasteiger partial charge in [0.15, 0.2) is 0 Å². The van der Waals surface area contributed by atoms with Crippen molar-refractivity contribution in [2.75, 3.05) is 13.7 Å². The molecule has 0 radical (unpaired) electrons. The highest BCUT2D eigenvalue weighted by molar-refractivity contribution is 6.21. The molecule has 214 valence electrons. The van der Waals surface area contributed by atoms with Crippen LogP contribution >= 0.6 is 0 Å². The molecule has 4 amide bonds. The Balaban J connectivity index is 1.57. The third-order valence-corrected chi connectivity index (χ3v) is 6.91. The smallest absolute Gasteiger partial charge is 0.261 e. The molecule has 8 nitrogen and oxygen atoms in total. The number of fused-ring (bicyclic) bond motifs is 1. The van der Waals surface area contributed by atoms with E-state index in [1.165, 1.54) is 4.90 Å². The Morgan fingerprint density at radius 3 is 2.10 bits per heavy atom. The largest absolute Gasteiger partial charge is 0.497 e. The van der Waals surface area contributed by atoms with Crippen LogP contribution in [0.25, 0.3) is 0 Å². The molecule has 4 rings (SSSR count). The summed E-state index contributed by atoms with van der Waals surface area (Å²) in [5, 5.41) is 3.05. The van der Waals surface area contributed by atoms with Crippen molar-refractivity contribution < 1.29 is 23.9 Å². The van der Waals surface area contributed by atoms with Crippen molar-refractivity contribution in [3.8, 4) is 5.75 Å². The van der Waals surface area contributed by atoms with Crippen molar-refractivity contribution in [1.82, 2.24) is 15.1 Å². The number of benzene rings is 3. The lowest BCUT2D eigenvalue weighted by Crippen LogP contribution is -2.54. The van der Waals surface area contributed by atoms with Crippen molar-refractivity contribution in [1.29, 1.82) is 0 Å². The third kappa shape index (κ3) is 7.39. The van der Waals surface area contributed by atoms with E-state index < -0.39 is 11.6 Å². The SMILES string of the molecule is COc1cccc(CN(C(=O)CCCN2C(=O)c3ccccc3C2=O)C(Cc2ccccc2)C(=O)NC(C)(C)C)c1. The molecule has 1 unspecified atom stereocenters. The second kappa shape index (κ2) is 12.8. The van der Waals surface area contributed by atoms with Gasteiger partial charge in [0.1, 0.15) is 11.8 Å². The number of methoxy groups -OCH3 is 1. The molecule has 3 aromatic rings. The summed E-state index contributed by atoms with van der Waals surface area (Å²) in [6.45, 7) is 6.02. The molecule has 8 heteroatoms. The number of nitrogens with zero attached hydrogens (tertiary/aromatic N) is 2. The summed E-state index contributed by atoms with van der Waals surface area (Å²) in [7, 11) is 1.58. The number of amides is 4. The lowest BCUT2D eigenvalue weighted by Gasteiger charge is -2.34. The van der Waals surface area contributed by atoms with E-state index in [1.807, 2.05) is 75.4 Å². The van der Waals surface area contributed by atoms with Crippen LogP contribution in [0.15, 0.2) is 78.9 Å². The van der Waals surface area contributed by atoms with Crippen LogP contribution in [0.5, 0.6) is 5.75 Å². The molecule has 1 N–H and O–H groups in total. The van der Waals surface area contributed by atoms with E-state index >= 15 is 0 Å². The zero-order chi connectivity index (χ0) is 29.6. The second-order valence-corrected chi connectivity index (χ2v) is 11.2. The lowest BCUT2D eigenvalue weighted by atomic mass is 10.00. The second-order valence-electron chi connectivity index (χ2n) is 11.2. The van der Waals surface area contributed by atoms with Gasteiger partial charge >= 0.3 is 0 Å². The number of carbonyl (C=O) groups is 4. The summed E-state index contributed by atoms with van der Waals surface area (Å²) in [5.41, 5.74) is 2.01. The number of nitrogens with one attached hydrogen (secondary N) is 1. The first kappa shape index (κ1) is 29.5. The molecule has 0 bridgehead atoms. The highest BCUT2D eigenvalue weighted by atomic mass is 16.5. The Morgan fingerprint density at radius 2 is 1.49 bits per heavy atom. The van der Waals surface area contributed by atoms with E-state index in [9.17, 15) is 19.2 Å². The van der Waals surface area contributed by atoms with Crippen LogP contribution in [0.1, 0.15) is 65.5 Å². The van der Waals surface area contributed by atoms with E-state index in [4.69, 9.17) is 4.74 Å². The van der Waals surface area contributed by atoms with Gasteiger partial charge in [-0.25, -0.2) is 0 Å².